The molecule has 0 unspecified atom stereocenters. The predicted molar refractivity (Wildman–Crippen MR) is 93.6 cm³/mol. The summed E-state index contributed by atoms with van der Waals surface area (Å²) in [5.41, 5.74) is -0.699. The molecule has 0 aliphatic rings. The molecule has 1 aromatic rings. The van der Waals surface area contributed by atoms with Gasteiger partial charge in [0, 0.05) is 0 Å². The van der Waals surface area contributed by atoms with Crippen molar-refractivity contribution in [1.29, 1.82) is 0 Å². The second-order valence-electron chi connectivity index (χ2n) is 6.20. The molecule has 6 heteroatoms. The third-order valence-electron chi connectivity index (χ3n) is 4.21. The Kier molecular flexibility index (Phi) is 8.67. The number of hydrogen-bond acceptors (Lipinski definition) is 3. The van der Waals surface area contributed by atoms with Gasteiger partial charge in [-0.25, -0.2) is 14.4 Å². The first-order valence-corrected chi connectivity index (χ1v) is 8.75. The monoisotopic (exact) mass is 350 g/mol. The van der Waals surface area contributed by atoms with E-state index in [-0.39, 0.29) is 16.7 Å². The molecule has 0 spiro atoms. The molecule has 0 aliphatic heterocycles. The third kappa shape index (κ3) is 6.57. The molecule has 1 aromatic carbocycles. The average molecular weight is 350 g/mol. The number of carboxylic acid groups (broad SMARTS) is 3. The average Bonchev–Trinajstić information content (AvgIpc) is 2.56. The van der Waals surface area contributed by atoms with Crippen LogP contribution in [0.1, 0.15) is 94.9 Å². The van der Waals surface area contributed by atoms with Crippen LogP contribution in [-0.2, 0) is 6.42 Å². The van der Waals surface area contributed by atoms with E-state index < -0.39 is 23.5 Å². The lowest BCUT2D eigenvalue weighted by atomic mass is 9.93. The van der Waals surface area contributed by atoms with Crippen LogP contribution in [0.3, 0.4) is 0 Å². The Morgan fingerprint density at radius 3 is 1.80 bits per heavy atom. The van der Waals surface area contributed by atoms with E-state index in [1.165, 1.54) is 31.7 Å². The largest absolute Gasteiger partial charge is 0.478 e. The third-order valence-corrected chi connectivity index (χ3v) is 4.21. The number of hydrogen-bond donors (Lipinski definition) is 3. The van der Waals surface area contributed by atoms with Crippen molar-refractivity contribution >= 4 is 17.9 Å². The minimum Gasteiger partial charge on any atom is -0.478 e. The van der Waals surface area contributed by atoms with E-state index in [2.05, 4.69) is 6.92 Å². The molecule has 0 aromatic heterocycles. The Labute approximate surface area is 147 Å². The van der Waals surface area contributed by atoms with Crippen LogP contribution >= 0.6 is 0 Å². The fraction of sp³-hybridized carbons (Fsp3) is 0.526. The molecular weight excluding hydrogens is 324 g/mol. The summed E-state index contributed by atoms with van der Waals surface area (Å²) in [6.07, 6.45) is 8.98. The van der Waals surface area contributed by atoms with E-state index in [0.717, 1.165) is 25.3 Å². The summed E-state index contributed by atoms with van der Waals surface area (Å²) in [5, 5.41) is 27.7. The smallest absolute Gasteiger partial charge is 0.336 e. The van der Waals surface area contributed by atoms with Crippen molar-refractivity contribution in [3.63, 3.8) is 0 Å². The van der Waals surface area contributed by atoms with Gasteiger partial charge < -0.3 is 15.3 Å². The number of benzene rings is 1. The van der Waals surface area contributed by atoms with Crippen LogP contribution < -0.4 is 0 Å². The molecule has 6 nitrogen and oxygen atoms in total. The highest BCUT2D eigenvalue weighted by atomic mass is 16.4. The zero-order valence-electron chi connectivity index (χ0n) is 14.6. The van der Waals surface area contributed by atoms with E-state index in [1.807, 2.05) is 0 Å². The summed E-state index contributed by atoms with van der Waals surface area (Å²) in [6.45, 7) is 2.16. The van der Waals surface area contributed by atoms with Crippen molar-refractivity contribution < 1.29 is 29.7 Å². The van der Waals surface area contributed by atoms with Gasteiger partial charge in [-0.05, 0) is 30.5 Å². The van der Waals surface area contributed by atoms with E-state index in [4.69, 9.17) is 5.11 Å². The maximum atomic E-state index is 11.5. The Morgan fingerprint density at radius 1 is 0.760 bits per heavy atom. The van der Waals surface area contributed by atoms with Crippen LogP contribution in [0.25, 0.3) is 0 Å². The van der Waals surface area contributed by atoms with Gasteiger partial charge in [0.2, 0.25) is 0 Å². The highest BCUT2D eigenvalue weighted by molar-refractivity contribution is 6.04. The zero-order chi connectivity index (χ0) is 18.8. The molecule has 25 heavy (non-hydrogen) atoms. The highest BCUT2D eigenvalue weighted by Crippen LogP contribution is 2.21. The Morgan fingerprint density at radius 2 is 1.32 bits per heavy atom. The van der Waals surface area contributed by atoms with E-state index >= 15 is 0 Å². The molecule has 0 saturated heterocycles. The molecule has 0 aliphatic carbocycles. The molecule has 0 atom stereocenters. The molecule has 0 radical (unpaired) electrons. The van der Waals surface area contributed by atoms with Crippen LogP contribution in [0, 0.1) is 0 Å². The number of carbonyl (C=O) groups is 3. The standard InChI is InChI=1S/C19H26O6/c1-2-3-4-5-6-7-8-9-10-13-11-14(17(20)21)12-15(18(22)23)16(13)19(24)25/h11-12H,2-10H2,1H3,(H,20,21)(H,22,23)(H,24,25). The van der Waals surface area contributed by atoms with E-state index in [0.29, 0.717) is 12.8 Å². The summed E-state index contributed by atoms with van der Waals surface area (Å²) in [7, 11) is 0. The lowest BCUT2D eigenvalue weighted by Crippen LogP contribution is -2.14. The molecule has 0 saturated carbocycles. The van der Waals surface area contributed by atoms with Crippen molar-refractivity contribution in [3.8, 4) is 0 Å². The molecule has 1 rings (SSSR count). The van der Waals surface area contributed by atoms with Crippen LogP contribution in [0.5, 0.6) is 0 Å². The zero-order valence-corrected chi connectivity index (χ0v) is 14.6. The number of unbranched alkanes of at least 4 members (excludes halogenated alkanes) is 7. The second-order valence-corrected chi connectivity index (χ2v) is 6.20. The fourth-order valence-corrected chi connectivity index (χ4v) is 2.89. The lowest BCUT2D eigenvalue weighted by Gasteiger charge is -2.11. The first kappa shape index (κ1) is 20.7. The minimum absolute atomic E-state index is 0.197. The molecule has 0 bridgehead atoms. The Bertz CT molecular complexity index is 621. The van der Waals surface area contributed by atoms with E-state index in [9.17, 15) is 24.6 Å². The van der Waals surface area contributed by atoms with Crippen molar-refractivity contribution in [2.24, 2.45) is 0 Å². The van der Waals surface area contributed by atoms with Crippen molar-refractivity contribution in [1.82, 2.24) is 0 Å². The SMILES string of the molecule is CCCCCCCCCCc1cc(C(=O)O)cc(C(=O)O)c1C(=O)O. The molecule has 0 heterocycles. The summed E-state index contributed by atoms with van der Waals surface area (Å²) < 4.78 is 0. The van der Waals surface area contributed by atoms with Gasteiger partial charge in [0.05, 0.1) is 16.7 Å². The topological polar surface area (TPSA) is 112 Å². The second kappa shape index (κ2) is 10.5. The van der Waals surface area contributed by atoms with Crippen LogP contribution in [-0.4, -0.2) is 33.2 Å². The summed E-state index contributed by atoms with van der Waals surface area (Å²) >= 11 is 0. The molecule has 0 amide bonds. The lowest BCUT2D eigenvalue weighted by molar-refractivity contribution is 0.0648. The van der Waals surface area contributed by atoms with Gasteiger partial charge in [0.25, 0.3) is 0 Å². The maximum Gasteiger partial charge on any atom is 0.336 e. The first-order chi connectivity index (χ1) is 11.9. The first-order valence-electron chi connectivity index (χ1n) is 8.75. The molecule has 138 valence electrons. The predicted octanol–water partition coefficient (Wildman–Crippen LogP) is 4.46. The summed E-state index contributed by atoms with van der Waals surface area (Å²) in [5.74, 6) is -4.04. The van der Waals surface area contributed by atoms with Gasteiger partial charge in [-0.1, -0.05) is 51.9 Å². The quantitative estimate of drug-likeness (QED) is 0.480. The van der Waals surface area contributed by atoms with Gasteiger partial charge in [0.1, 0.15) is 0 Å². The van der Waals surface area contributed by atoms with Crippen molar-refractivity contribution in [2.75, 3.05) is 0 Å². The van der Waals surface area contributed by atoms with Gasteiger partial charge in [-0.2, -0.15) is 0 Å². The van der Waals surface area contributed by atoms with Crippen LogP contribution in [0.15, 0.2) is 12.1 Å². The Hall–Kier alpha value is -2.37. The summed E-state index contributed by atoms with van der Waals surface area (Å²) in [4.78, 5) is 33.9. The Balaban J connectivity index is 2.78. The minimum atomic E-state index is -1.43. The number of carboxylic acids is 3. The molecule has 0 fully saturated rings. The number of rotatable bonds is 12. The molecular formula is C19H26O6. The van der Waals surface area contributed by atoms with E-state index in [1.54, 1.807) is 0 Å². The van der Waals surface area contributed by atoms with Crippen LogP contribution in [0.2, 0.25) is 0 Å². The maximum absolute atomic E-state index is 11.5. The molecule has 3 N–H and O–H groups in total. The number of aryl methyl sites for hydroxylation is 1. The van der Waals surface area contributed by atoms with Crippen LogP contribution in [0.4, 0.5) is 0 Å². The van der Waals surface area contributed by atoms with Gasteiger partial charge >= 0.3 is 17.9 Å². The highest BCUT2D eigenvalue weighted by Gasteiger charge is 2.23. The fourth-order valence-electron chi connectivity index (χ4n) is 2.89. The normalized spacial score (nSPS) is 10.6. The summed E-state index contributed by atoms with van der Waals surface area (Å²) in [6, 6.07) is 2.19. The van der Waals surface area contributed by atoms with Gasteiger partial charge in [-0.15, -0.1) is 0 Å². The van der Waals surface area contributed by atoms with Crippen molar-refractivity contribution in [3.05, 3.63) is 34.4 Å². The van der Waals surface area contributed by atoms with Gasteiger partial charge in [0.15, 0.2) is 0 Å². The van der Waals surface area contributed by atoms with Gasteiger partial charge in [-0.3, -0.25) is 0 Å². The number of aromatic carboxylic acids is 3. The van der Waals surface area contributed by atoms with Crippen molar-refractivity contribution in [2.45, 2.75) is 64.7 Å².